The maximum atomic E-state index is 9.52. The summed E-state index contributed by atoms with van der Waals surface area (Å²) in [6, 6.07) is 4.22. The first-order chi connectivity index (χ1) is 6.70. The topological polar surface area (TPSA) is 32.3 Å². The van der Waals surface area contributed by atoms with Gasteiger partial charge in [0, 0.05) is 18.0 Å². The first-order valence-corrected chi connectivity index (χ1v) is 5.99. The molecule has 1 heterocycles. The molecule has 1 rings (SSSR count). The molecule has 3 heteroatoms. The lowest BCUT2D eigenvalue weighted by atomic mass is 10.1. The Balaban J connectivity index is 2.05. The second kappa shape index (κ2) is 6.17. The number of aliphatic hydroxyl groups is 1. The Kier molecular flexibility index (Phi) is 5.15. The van der Waals surface area contributed by atoms with E-state index < -0.39 is 0 Å². The van der Waals surface area contributed by atoms with Crippen molar-refractivity contribution >= 4 is 11.3 Å². The standard InChI is InChI=1S/C11H19NOS/c1-9(2)11(13)8-12-6-5-10-4-3-7-14-10/h3-4,7,9,11-13H,5-6,8H2,1-2H3. The molecule has 0 aliphatic rings. The maximum absolute atomic E-state index is 9.52. The molecule has 1 aromatic heterocycles. The van der Waals surface area contributed by atoms with Crippen LogP contribution in [-0.2, 0) is 6.42 Å². The molecule has 0 aliphatic carbocycles. The summed E-state index contributed by atoms with van der Waals surface area (Å²) in [4.78, 5) is 1.40. The second-order valence-electron chi connectivity index (χ2n) is 3.84. The van der Waals surface area contributed by atoms with Crippen molar-refractivity contribution in [2.45, 2.75) is 26.4 Å². The molecule has 0 spiro atoms. The highest BCUT2D eigenvalue weighted by molar-refractivity contribution is 7.09. The summed E-state index contributed by atoms with van der Waals surface area (Å²) in [7, 11) is 0. The zero-order valence-corrected chi connectivity index (χ0v) is 9.68. The van der Waals surface area contributed by atoms with Gasteiger partial charge in [0.1, 0.15) is 0 Å². The highest BCUT2D eigenvalue weighted by atomic mass is 32.1. The van der Waals surface area contributed by atoms with Gasteiger partial charge >= 0.3 is 0 Å². The van der Waals surface area contributed by atoms with Gasteiger partial charge in [-0.05, 0) is 23.8 Å². The lowest BCUT2D eigenvalue weighted by Gasteiger charge is -2.14. The third kappa shape index (κ3) is 4.22. The molecular formula is C11H19NOS. The summed E-state index contributed by atoms with van der Waals surface area (Å²) in [5, 5.41) is 14.9. The normalized spacial score (nSPS) is 13.4. The van der Waals surface area contributed by atoms with E-state index in [1.807, 2.05) is 13.8 Å². The van der Waals surface area contributed by atoms with Crippen molar-refractivity contribution in [3.05, 3.63) is 22.4 Å². The van der Waals surface area contributed by atoms with E-state index in [1.54, 1.807) is 11.3 Å². The van der Waals surface area contributed by atoms with E-state index >= 15 is 0 Å². The molecule has 0 bridgehead atoms. The van der Waals surface area contributed by atoms with Gasteiger partial charge in [0.2, 0.25) is 0 Å². The molecule has 1 atom stereocenters. The van der Waals surface area contributed by atoms with Gasteiger partial charge in [0.25, 0.3) is 0 Å². The number of nitrogens with one attached hydrogen (secondary N) is 1. The van der Waals surface area contributed by atoms with Crippen molar-refractivity contribution in [2.24, 2.45) is 5.92 Å². The highest BCUT2D eigenvalue weighted by Crippen LogP contribution is 2.08. The summed E-state index contributed by atoms with van der Waals surface area (Å²) >= 11 is 1.79. The van der Waals surface area contributed by atoms with E-state index in [0.29, 0.717) is 12.5 Å². The predicted molar refractivity (Wildman–Crippen MR) is 61.7 cm³/mol. The van der Waals surface area contributed by atoms with E-state index in [0.717, 1.165) is 13.0 Å². The summed E-state index contributed by atoms with van der Waals surface area (Å²) < 4.78 is 0. The van der Waals surface area contributed by atoms with Crippen LogP contribution in [0, 0.1) is 5.92 Å². The lowest BCUT2D eigenvalue weighted by molar-refractivity contribution is 0.124. The van der Waals surface area contributed by atoms with Crippen molar-refractivity contribution in [3.63, 3.8) is 0 Å². The summed E-state index contributed by atoms with van der Waals surface area (Å²) in [6.07, 6.45) is 0.834. The quantitative estimate of drug-likeness (QED) is 0.707. The molecule has 1 unspecified atom stereocenters. The Hall–Kier alpha value is -0.380. The SMILES string of the molecule is CC(C)C(O)CNCCc1cccs1. The van der Waals surface area contributed by atoms with Crippen LogP contribution in [0.1, 0.15) is 18.7 Å². The summed E-state index contributed by atoms with van der Waals surface area (Å²) in [6.45, 7) is 5.71. The molecule has 2 nitrogen and oxygen atoms in total. The largest absolute Gasteiger partial charge is 0.392 e. The summed E-state index contributed by atoms with van der Waals surface area (Å²) in [5.41, 5.74) is 0. The van der Waals surface area contributed by atoms with E-state index in [1.165, 1.54) is 4.88 Å². The van der Waals surface area contributed by atoms with Crippen LogP contribution in [-0.4, -0.2) is 24.3 Å². The second-order valence-corrected chi connectivity index (χ2v) is 4.88. The van der Waals surface area contributed by atoms with Crippen LogP contribution in [0.2, 0.25) is 0 Å². The Morgan fingerprint density at radius 3 is 2.86 bits per heavy atom. The van der Waals surface area contributed by atoms with Gasteiger partial charge < -0.3 is 10.4 Å². The highest BCUT2D eigenvalue weighted by Gasteiger charge is 2.07. The van der Waals surface area contributed by atoms with Crippen LogP contribution >= 0.6 is 11.3 Å². The molecule has 0 aliphatic heterocycles. The molecule has 0 fully saturated rings. The molecule has 1 aromatic rings. The van der Waals surface area contributed by atoms with Crippen LogP contribution in [0.15, 0.2) is 17.5 Å². The third-order valence-electron chi connectivity index (χ3n) is 2.25. The van der Waals surface area contributed by atoms with E-state index in [9.17, 15) is 5.11 Å². The van der Waals surface area contributed by atoms with Gasteiger partial charge in [-0.1, -0.05) is 19.9 Å². The Morgan fingerprint density at radius 1 is 1.50 bits per heavy atom. The van der Waals surface area contributed by atoms with Crippen LogP contribution in [0.25, 0.3) is 0 Å². The Bertz CT molecular complexity index is 233. The van der Waals surface area contributed by atoms with Crippen LogP contribution < -0.4 is 5.32 Å². The van der Waals surface area contributed by atoms with Gasteiger partial charge in [-0.2, -0.15) is 0 Å². The molecular weight excluding hydrogens is 194 g/mol. The molecule has 0 saturated carbocycles. The van der Waals surface area contributed by atoms with Crippen LogP contribution in [0.5, 0.6) is 0 Å². The zero-order valence-electron chi connectivity index (χ0n) is 8.86. The average molecular weight is 213 g/mol. The number of thiophene rings is 1. The fraction of sp³-hybridized carbons (Fsp3) is 0.636. The molecule has 0 radical (unpaired) electrons. The fourth-order valence-corrected chi connectivity index (χ4v) is 1.86. The number of rotatable bonds is 6. The first kappa shape index (κ1) is 11.7. The maximum Gasteiger partial charge on any atom is 0.0687 e. The Labute approximate surface area is 90.0 Å². The molecule has 0 aromatic carbocycles. The lowest BCUT2D eigenvalue weighted by Crippen LogP contribution is -2.31. The van der Waals surface area contributed by atoms with Crippen LogP contribution in [0.4, 0.5) is 0 Å². The first-order valence-electron chi connectivity index (χ1n) is 5.11. The van der Waals surface area contributed by atoms with Crippen LogP contribution in [0.3, 0.4) is 0 Å². The van der Waals surface area contributed by atoms with Crippen molar-refractivity contribution in [2.75, 3.05) is 13.1 Å². The van der Waals surface area contributed by atoms with Gasteiger partial charge in [-0.3, -0.25) is 0 Å². The predicted octanol–water partition coefficient (Wildman–Crippen LogP) is 1.90. The summed E-state index contributed by atoms with van der Waals surface area (Å²) in [5.74, 6) is 0.337. The van der Waals surface area contributed by atoms with Crippen molar-refractivity contribution in [1.82, 2.24) is 5.32 Å². The number of aliphatic hydroxyl groups excluding tert-OH is 1. The average Bonchev–Trinajstić information content (AvgIpc) is 2.64. The minimum absolute atomic E-state index is 0.224. The number of hydrogen-bond acceptors (Lipinski definition) is 3. The Morgan fingerprint density at radius 2 is 2.29 bits per heavy atom. The molecule has 0 saturated heterocycles. The van der Waals surface area contributed by atoms with E-state index in [4.69, 9.17) is 0 Å². The fourth-order valence-electron chi connectivity index (χ4n) is 1.15. The number of hydrogen-bond donors (Lipinski definition) is 2. The van der Waals surface area contributed by atoms with E-state index in [-0.39, 0.29) is 6.10 Å². The van der Waals surface area contributed by atoms with Crippen molar-refractivity contribution in [3.8, 4) is 0 Å². The molecule has 2 N–H and O–H groups in total. The minimum atomic E-state index is -0.224. The smallest absolute Gasteiger partial charge is 0.0687 e. The van der Waals surface area contributed by atoms with Gasteiger partial charge in [-0.15, -0.1) is 11.3 Å². The van der Waals surface area contributed by atoms with Gasteiger partial charge in [0.15, 0.2) is 0 Å². The van der Waals surface area contributed by atoms with E-state index in [2.05, 4.69) is 22.8 Å². The monoisotopic (exact) mass is 213 g/mol. The van der Waals surface area contributed by atoms with Gasteiger partial charge in [0.05, 0.1) is 6.10 Å². The minimum Gasteiger partial charge on any atom is -0.392 e. The van der Waals surface area contributed by atoms with Crippen molar-refractivity contribution < 1.29 is 5.11 Å². The third-order valence-corrected chi connectivity index (χ3v) is 3.19. The van der Waals surface area contributed by atoms with Gasteiger partial charge in [-0.25, -0.2) is 0 Å². The zero-order chi connectivity index (χ0) is 10.4. The molecule has 0 amide bonds. The van der Waals surface area contributed by atoms with Crippen molar-refractivity contribution in [1.29, 1.82) is 0 Å². The molecule has 80 valence electrons. The molecule has 14 heavy (non-hydrogen) atoms.